The summed E-state index contributed by atoms with van der Waals surface area (Å²) in [6.07, 6.45) is 2.56. The number of likely N-dealkylation sites (N-methyl/N-ethyl adjacent to an activating group) is 1. The van der Waals surface area contributed by atoms with Crippen LogP contribution >= 0.6 is 0 Å². The third kappa shape index (κ3) is 4.05. The van der Waals surface area contributed by atoms with Crippen molar-refractivity contribution in [2.24, 2.45) is 0 Å². The van der Waals surface area contributed by atoms with Crippen LogP contribution in [0.2, 0.25) is 0 Å². The van der Waals surface area contributed by atoms with Crippen LogP contribution < -0.4 is 10.1 Å². The van der Waals surface area contributed by atoms with E-state index in [0.29, 0.717) is 25.9 Å². The molecule has 2 saturated heterocycles. The van der Waals surface area contributed by atoms with Crippen LogP contribution in [-0.4, -0.2) is 60.6 Å². The van der Waals surface area contributed by atoms with Crippen LogP contribution in [-0.2, 0) is 22.4 Å². The minimum absolute atomic E-state index is 0.128. The van der Waals surface area contributed by atoms with Crippen molar-refractivity contribution < 1.29 is 14.3 Å². The molecule has 0 bridgehead atoms. The summed E-state index contributed by atoms with van der Waals surface area (Å²) in [7, 11) is 3.52. The Morgan fingerprint density at radius 3 is 2.37 bits per heavy atom. The number of methoxy groups -OCH3 is 1. The quantitative estimate of drug-likeness (QED) is 0.826. The second-order valence-corrected chi connectivity index (χ2v) is 8.22. The van der Waals surface area contributed by atoms with Gasteiger partial charge in [-0.25, -0.2) is 0 Å². The highest BCUT2D eigenvalue weighted by Crippen LogP contribution is 2.32. The van der Waals surface area contributed by atoms with Crippen molar-refractivity contribution in [3.8, 4) is 5.75 Å². The van der Waals surface area contributed by atoms with Gasteiger partial charge in [0.05, 0.1) is 25.2 Å². The van der Waals surface area contributed by atoms with Crippen LogP contribution in [0.25, 0.3) is 0 Å². The topological polar surface area (TPSA) is 61.9 Å². The standard InChI is InChI=1S/C24H29N3O3/c1-26-23(29)21(16-18-6-4-3-5-7-18)25-24(26)12-14-27(15-13-24)22(28)17-19-8-10-20(30-2)11-9-19/h3-11,21,25H,12-17H2,1-2H3. The highest BCUT2D eigenvalue weighted by Gasteiger charge is 2.49. The molecule has 30 heavy (non-hydrogen) atoms. The van der Waals surface area contributed by atoms with E-state index in [1.165, 1.54) is 0 Å². The van der Waals surface area contributed by atoms with E-state index < -0.39 is 0 Å². The lowest BCUT2D eigenvalue weighted by Gasteiger charge is -2.43. The van der Waals surface area contributed by atoms with Crippen molar-refractivity contribution in [2.75, 3.05) is 27.2 Å². The summed E-state index contributed by atoms with van der Waals surface area (Å²) >= 11 is 0. The summed E-state index contributed by atoms with van der Waals surface area (Å²) < 4.78 is 5.17. The van der Waals surface area contributed by atoms with E-state index in [0.717, 1.165) is 29.7 Å². The average Bonchev–Trinajstić information content (AvgIpc) is 3.00. The lowest BCUT2D eigenvalue weighted by Crippen LogP contribution is -2.58. The molecule has 2 aromatic rings. The molecule has 158 valence electrons. The summed E-state index contributed by atoms with van der Waals surface area (Å²) in [5.74, 6) is 1.05. The van der Waals surface area contributed by atoms with Gasteiger partial charge in [0, 0.05) is 33.0 Å². The first-order valence-corrected chi connectivity index (χ1v) is 10.5. The largest absolute Gasteiger partial charge is 0.497 e. The number of hydrogen-bond donors (Lipinski definition) is 1. The fourth-order valence-electron chi connectivity index (χ4n) is 4.55. The third-order valence-electron chi connectivity index (χ3n) is 6.45. The lowest BCUT2D eigenvalue weighted by molar-refractivity contribution is -0.135. The van der Waals surface area contributed by atoms with Crippen LogP contribution in [0.15, 0.2) is 54.6 Å². The van der Waals surface area contributed by atoms with Gasteiger partial charge in [-0.1, -0.05) is 42.5 Å². The first-order valence-electron chi connectivity index (χ1n) is 10.5. The number of ether oxygens (including phenoxy) is 1. The van der Waals surface area contributed by atoms with Crippen LogP contribution in [0.5, 0.6) is 5.75 Å². The molecule has 2 amide bonds. The van der Waals surface area contributed by atoms with Gasteiger partial charge in [-0.05, 0) is 29.7 Å². The third-order valence-corrected chi connectivity index (χ3v) is 6.45. The average molecular weight is 408 g/mol. The lowest BCUT2D eigenvalue weighted by atomic mass is 9.95. The number of rotatable bonds is 5. The van der Waals surface area contributed by atoms with Crippen molar-refractivity contribution in [1.82, 2.24) is 15.1 Å². The van der Waals surface area contributed by atoms with Gasteiger partial charge in [-0.2, -0.15) is 0 Å². The van der Waals surface area contributed by atoms with E-state index in [9.17, 15) is 9.59 Å². The highest BCUT2D eigenvalue weighted by atomic mass is 16.5. The van der Waals surface area contributed by atoms with E-state index in [1.807, 2.05) is 59.3 Å². The zero-order valence-corrected chi connectivity index (χ0v) is 17.6. The van der Waals surface area contributed by atoms with E-state index in [4.69, 9.17) is 4.74 Å². The Bertz CT molecular complexity index is 890. The Morgan fingerprint density at radius 2 is 1.73 bits per heavy atom. The molecular formula is C24H29N3O3. The highest BCUT2D eigenvalue weighted by molar-refractivity contribution is 5.85. The molecule has 0 aromatic heterocycles. The number of nitrogens with one attached hydrogen (secondary N) is 1. The fraction of sp³-hybridized carbons (Fsp3) is 0.417. The zero-order chi connectivity index (χ0) is 21.1. The maximum Gasteiger partial charge on any atom is 0.241 e. The molecule has 2 aliphatic heterocycles. The Kier molecular flexibility index (Phi) is 5.77. The summed E-state index contributed by atoms with van der Waals surface area (Å²) in [5.41, 5.74) is 1.78. The number of amides is 2. The number of benzene rings is 2. The Hall–Kier alpha value is -2.86. The molecule has 6 heteroatoms. The zero-order valence-electron chi connectivity index (χ0n) is 17.6. The number of hydrogen-bond acceptors (Lipinski definition) is 4. The molecule has 2 heterocycles. The summed E-state index contributed by atoms with van der Waals surface area (Å²) in [4.78, 5) is 29.4. The van der Waals surface area contributed by atoms with Gasteiger partial charge in [0.1, 0.15) is 5.75 Å². The van der Waals surface area contributed by atoms with Gasteiger partial charge < -0.3 is 14.5 Å². The molecule has 2 aliphatic rings. The van der Waals surface area contributed by atoms with E-state index >= 15 is 0 Å². The van der Waals surface area contributed by atoms with E-state index in [1.54, 1.807) is 7.11 Å². The molecule has 2 fully saturated rings. The van der Waals surface area contributed by atoms with Gasteiger partial charge in [-0.3, -0.25) is 14.9 Å². The number of carbonyl (C=O) groups excluding carboxylic acids is 2. The summed E-state index contributed by atoms with van der Waals surface area (Å²) in [6.45, 7) is 1.30. The molecule has 0 radical (unpaired) electrons. The van der Waals surface area contributed by atoms with Gasteiger partial charge in [0.25, 0.3) is 0 Å². The minimum atomic E-state index is -0.354. The van der Waals surface area contributed by atoms with Gasteiger partial charge in [0.2, 0.25) is 11.8 Å². The van der Waals surface area contributed by atoms with Crippen molar-refractivity contribution >= 4 is 11.8 Å². The number of likely N-dealkylation sites (tertiary alicyclic amines) is 1. The van der Waals surface area contributed by atoms with Gasteiger partial charge in [-0.15, -0.1) is 0 Å². The molecule has 4 rings (SSSR count). The number of nitrogens with zero attached hydrogens (tertiary/aromatic N) is 2. The second-order valence-electron chi connectivity index (χ2n) is 8.22. The van der Waals surface area contributed by atoms with Crippen molar-refractivity contribution in [3.63, 3.8) is 0 Å². The van der Waals surface area contributed by atoms with E-state index in [2.05, 4.69) is 17.4 Å². The van der Waals surface area contributed by atoms with Crippen LogP contribution in [0.3, 0.4) is 0 Å². The molecular weight excluding hydrogens is 378 g/mol. The normalized spacial score (nSPS) is 20.6. The van der Waals surface area contributed by atoms with Crippen LogP contribution in [0, 0.1) is 0 Å². The molecule has 1 N–H and O–H groups in total. The van der Waals surface area contributed by atoms with Gasteiger partial charge in [0.15, 0.2) is 0 Å². The van der Waals surface area contributed by atoms with Crippen LogP contribution in [0.1, 0.15) is 24.0 Å². The molecule has 6 nitrogen and oxygen atoms in total. The molecule has 1 spiro atoms. The molecule has 2 aromatic carbocycles. The molecule has 1 atom stereocenters. The fourth-order valence-corrected chi connectivity index (χ4v) is 4.55. The molecule has 1 unspecified atom stereocenters. The predicted molar refractivity (Wildman–Crippen MR) is 115 cm³/mol. The number of carbonyl (C=O) groups is 2. The summed E-state index contributed by atoms with van der Waals surface area (Å²) in [5, 5.41) is 3.60. The molecule has 0 aliphatic carbocycles. The van der Waals surface area contributed by atoms with Crippen molar-refractivity contribution in [1.29, 1.82) is 0 Å². The maximum atomic E-state index is 12.9. The maximum absolute atomic E-state index is 12.9. The smallest absolute Gasteiger partial charge is 0.241 e. The van der Waals surface area contributed by atoms with E-state index in [-0.39, 0.29) is 23.5 Å². The Labute approximate surface area is 177 Å². The first-order chi connectivity index (χ1) is 14.5. The predicted octanol–water partition coefficient (Wildman–Crippen LogP) is 2.23. The minimum Gasteiger partial charge on any atom is -0.497 e. The van der Waals surface area contributed by atoms with Gasteiger partial charge >= 0.3 is 0 Å². The second kappa shape index (κ2) is 8.48. The number of piperidine rings is 1. The van der Waals surface area contributed by atoms with Crippen LogP contribution in [0.4, 0.5) is 0 Å². The first kappa shape index (κ1) is 20.4. The monoisotopic (exact) mass is 407 g/mol. The Morgan fingerprint density at radius 1 is 1.07 bits per heavy atom. The van der Waals surface area contributed by atoms with Crippen molar-refractivity contribution in [2.45, 2.75) is 37.4 Å². The SMILES string of the molecule is COc1ccc(CC(=O)N2CCC3(CC2)NC(Cc2ccccc2)C(=O)N3C)cc1. The summed E-state index contributed by atoms with van der Waals surface area (Å²) in [6, 6.07) is 17.5. The Balaban J connectivity index is 1.35. The van der Waals surface area contributed by atoms with Crippen molar-refractivity contribution in [3.05, 3.63) is 65.7 Å². The molecule has 0 saturated carbocycles.